The number of nitrogens with zero attached hydrogens (tertiary/aromatic N) is 1. The Hall–Kier alpha value is -3.95. The quantitative estimate of drug-likeness (QED) is 0.330. The SMILES string of the molecule is CCOC(=O)[C@@H]1C=C(c2ccccc2)CN1C1(c2ccccc2)c2ccccc2-c2ccccc21. The molecule has 1 aliphatic heterocycles. The van der Waals surface area contributed by atoms with Crippen LogP contribution in [0.2, 0.25) is 0 Å². The number of ether oxygens (including phenoxy) is 1. The largest absolute Gasteiger partial charge is 0.465 e. The van der Waals surface area contributed by atoms with Crippen molar-refractivity contribution < 1.29 is 9.53 Å². The molecule has 0 N–H and O–H groups in total. The molecule has 4 aromatic rings. The van der Waals surface area contributed by atoms with Gasteiger partial charge in [0, 0.05) is 6.54 Å². The van der Waals surface area contributed by atoms with Gasteiger partial charge in [-0.25, -0.2) is 4.79 Å². The Morgan fingerprint density at radius 2 is 1.34 bits per heavy atom. The molecule has 6 rings (SSSR count). The minimum atomic E-state index is -0.626. The third-order valence-electron chi connectivity index (χ3n) is 7.25. The summed E-state index contributed by atoms with van der Waals surface area (Å²) in [5.74, 6) is -0.212. The summed E-state index contributed by atoms with van der Waals surface area (Å²) in [7, 11) is 0. The normalized spacial score (nSPS) is 18.0. The molecule has 0 radical (unpaired) electrons. The summed E-state index contributed by atoms with van der Waals surface area (Å²) in [6, 6.07) is 37.6. The van der Waals surface area contributed by atoms with Gasteiger partial charge in [0.2, 0.25) is 0 Å². The molecule has 1 heterocycles. The zero-order valence-electron chi connectivity index (χ0n) is 19.7. The van der Waals surface area contributed by atoms with Gasteiger partial charge in [0.15, 0.2) is 0 Å². The maximum absolute atomic E-state index is 13.5. The van der Waals surface area contributed by atoms with Crippen molar-refractivity contribution in [1.82, 2.24) is 4.90 Å². The van der Waals surface area contributed by atoms with Crippen molar-refractivity contribution >= 4 is 11.5 Å². The Morgan fingerprint density at radius 1 is 0.800 bits per heavy atom. The van der Waals surface area contributed by atoms with E-state index in [1.807, 2.05) is 31.2 Å². The molecule has 172 valence electrons. The van der Waals surface area contributed by atoms with E-state index in [0.717, 1.165) is 16.7 Å². The number of carbonyl (C=O) groups excluding carboxylic acids is 1. The average Bonchev–Trinajstić information content (AvgIpc) is 3.49. The van der Waals surface area contributed by atoms with Crippen molar-refractivity contribution in [3.63, 3.8) is 0 Å². The van der Waals surface area contributed by atoms with E-state index in [9.17, 15) is 4.79 Å². The molecule has 3 nitrogen and oxygen atoms in total. The van der Waals surface area contributed by atoms with Gasteiger partial charge in [-0.05, 0) is 45.9 Å². The van der Waals surface area contributed by atoms with Crippen LogP contribution in [-0.2, 0) is 15.1 Å². The third-order valence-corrected chi connectivity index (χ3v) is 7.25. The highest BCUT2D eigenvalue weighted by molar-refractivity contribution is 5.88. The van der Waals surface area contributed by atoms with Gasteiger partial charge in [-0.15, -0.1) is 0 Å². The van der Waals surface area contributed by atoms with Crippen LogP contribution in [-0.4, -0.2) is 30.1 Å². The second-order valence-electron chi connectivity index (χ2n) is 9.05. The van der Waals surface area contributed by atoms with Gasteiger partial charge in [-0.2, -0.15) is 0 Å². The fourth-order valence-corrected chi connectivity index (χ4v) is 5.88. The van der Waals surface area contributed by atoms with Crippen molar-refractivity contribution in [2.24, 2.45) is 0 Å². The summed E-state index contributed by atoms with van der Waals surface area (Å²) in [5, 5.41) is 0. The lowest BCUT2D eigenvalue weighted by Gasteiger charge is -2.44. The third kappa shape index (κ3) is 3.27. The Balaban J connectivity index is 1.63. The highest BCUT2D eigenvalue weighted by atomic mass is 16.5. The molecule has 0 unspecified atom stereocenters. The fourth-order valence-electron chi connectivity index (χ4n) is 5.88. The standard InChI is InChI=1S/C32H27NO2/c1-2-35-31(34)30-21-24(23-13-5-3-6-14-23)22-33(30)32(25-15-7-4-8-16-25)28-19-11-9-17-26(28)27-18-10-12-20-29(27)32/h3-21,30H,2,22H2,1H3/t30-/m0/s1. The zero-order valence-corrected chi connectivity index (χ0v) is 19.7. The van der Waals surface area contributed by atoms with Gasteiger partial charge >= 0.3 is 5.97 Å². The monoisotopic (exact) mass is 457 g/mol. The van der Waals surface area contributed by atoms with E-state index in [1.165, 1.54) is 22.3 Å². The van der Waals surface area contributed by atoms with Gasteiger partial charge in [0.05, 0.1) is 12.1 Å². The molecule has 0 spiro atoms. The second kappa shape index (κ2) is 8.68. The van der Waals surface area contributed by atoms with Crippen molar-refractivity contribution in [3.05, 3.63) is 138 Å². The molecule has 3 heteroatoms. The van der Waals surface area contributed by atoms with Crippen molar-refractivity contribution in [2.75, 3.05) is 13.2 Å². The molecular formula is C32H27NO2. The summed E-state index contributed by atoms with van der Waals surface area (Å²) >= 11 is 0. The predicted octanol–water partition coefficient (Wildman–Crippen LogP) is 6.29. The summed E-state index contributed by atoms with van der Waals surface area (Å²) in [6.07, 6.45) is 2.10. The van der Waals surface area contributed by atoms with Crippen LogP contribution in [0.5, 0.6) is 0 Å². The average molecular weight is 458 g/mol. The first-order chi connectivity index (χ1) is 17.2. The van der Waals surface area contributed by atoms with Crippen LogP contribution in [0.4, 0.5) is 0 Å². The number of benzene rings is 4. The minimum absolute atomic E-state index is 0.212. The van der Waals surface area contributed by atoms with Crippen LogP contribution in [0.3, 0.4) is 0 Å². The van der Waals surface area contributed by atoms with E-state index in [0.29, 0.717) is 13.2 Å². The fraction of sp³-hybridized carbons (Fsp3) is 0.156. The molecule has 35 heavy (non-hydrogen) atoms. The molecule has 1 aliphatic carbocycles. The molecule has 0 aromatic heterocycles. The molecule has 1 atom stereocenters. The molecule has 0 saturated heterocycles. The Bertz CT molecular complexity index is 1360. The van der Waals surface area contributed by atoms with Crippen LogP contribution in [0, 0.1) is 0 Å². The highest BCUT2D eigenvalue weighted by Crippen LogP contribution is 2.56. The van der Waals surface area contributed by atoms with E-state index in [-0.39, 0.29) is 5.97 Å². The maximum Gasteiger partial charge on any atom is 0.327 e. The topological polar surface area (TPSA) is 29.5 Å². The molecule has 2 aliphatic rings. The van der Waals surface area contributed by atoms with Gasteiger partial charge in [-0.3, -0.25) is 4.90 Å². The summed E-state index contributed by atoms with van der Waals surface area (Å²) < 4.78 is 5.63. The molecule has 4 aromatic carbocycles. The Kier molecular flexibility index (Phi) is 5.35. The number of rotatable bonds is 5. The van der Waals surface area contributed by atoms with E-state index in [2.05, 4.69) is 95.9 Å². The number of fused-ring (bicyclic) bond motifs is 3. The van der Waals surface area contributed by atoms with Gasteiger partial charge < -0.3 is 4.74 Å². The predicted molar refractivity (Wildman–Crippen MR) is 140 cm³/mol. The lowest BCUT2D eigenvalue weighted by Crippen LogP contribution is -2.52. The molecule has 0 amide bonds. The van der Waals surface area contributed by atoms with Crippen LogP contribution in [0.25, 0.3) is 16.7 Å². The first-order valence-corrected chi connectivity index (χ1v) is 12.2. The number of esters is 1. The number of carbonyl (C=O) groups is 1. The van der Waals surface area contributed by atoms with Gasteiger partial charge in [0.25, 0.3) is 0 Å². The van der Waals surface area contributed by atoms with E-state index in [4.69, 9.17) is 4.74 Å². The van der Waals surface area contributed by atoms with Crippen LogP contribution in [0.1, 0.15) is 29.2 Å². The zero-order chi connectivity index (χ0) is 23.8. The Morgan fingerprint density at radius 3 is 1.94 bits per heavy atom. The Labute approximate surface area is 206 Å². The maximum atomic E-state index is 13.5. The second-order valence-corrected chi connectivity index (χ2v) is 9.05. The number of hydrogen-bond donors (Lipinski definition) is 0. The smallest absolute Gasteiger partial charge is 0.327 e. The summed E-state index contributed by atoms with van der Waals surface area (Å²) in [6.45, 7) is 2.85. The van der Waals surface area contributed by atoms with Crippen LogP contribution in [0.15, 0.2) is 115 Å². The highest BCUT2D eigenvalue weighted by Gasteiger charge is 2.53. The van der Waals surface area contributed by atoms with Crippen molar-refractivity contribution in [1.29, 1.82) is 0 Å². The van der Waals surface area contributed by atoms with Crippen LogP contribution >= 0.6 is 0 Å². The van der Waals surface area contributed by atoms with E-state index < -0.39 is 11.6 Å². The molecular weight excluding hydrogens is 430 g/mol. The van der Waals surface area contributed by atoms with E-state index in [1.54, 1.807) is 0 Å². The first-order valence-electron chi connectivity index (χ1n) is 12.2. The number of hydrogen-bond acceptors (Lipinski definition) is 3. The van der Waals surface area contributed by atoms with Crippen molar-refractivity contribution in [2.45, 2.75) is 18.5 Å². The lowest BCUT2D eigenvalue weighted by atomic mass is 9.78. The molecule has 0 fully saturated rings. The lowest BCUT2D eigenvalue weighted by molar-refractivity contribution is -0.148. The van der Waals surface area contributed by atoms with Crippen LogP contribution < -0.4 is 0 Å². The van der Waals surface area contributed by atoms with Crippen molar-refractivity contribution in [3.8, 4) is 11.1 Å². The molecule has 0 saturated carbocycles. The summed E-state index contributed by atoms with van der Waals surface area (Å²) in [4.78, 5) is 15.8. The van der Waals surface area contributed by atoms with Gasteiger partial charge in [0.1, 0.15) is 6.04 Å². The first kappa shape index (κ1) is 21.6. The molecule has 0 bridgehead atoms. The van der Waals surface area contributed by atoms with E-state index >= 15 is 0 Å². The summed E-state index contributed by atoms with van der Waals surface area (Å²) in [5.41, 5.74) is 7.61. The minimum Gasteiger partial charge on any atom is -0.465 e. The van der Waals surface area contributed by atoms with Gasteiger partial charge in [-0.1, -0.05) is 115 Å².